The van der Waals surface area contributed by atoms with Crippen molar-refractivity contribution in [2.45, 2.75) is 26.8 Å². The van der Waals surface area contributed by atoms with E-state index in [1.807, 2.05) is 19.4 Å². The van der Waals surface area contributed by atoms with E-state index in [9.17, 15) is 4.79 Å². The molecule has 0 amide bonds. The minimum Gasteiger partial charge on any atom is -0.465 e. The smallest absolute Gasteiger partial charge is 0.319 e. The maximum atomic E-state index is 11.1. The molecule has 5 heteroatoms. The zero-order valence-corrected chi connectivity index (χ0v) is 10.1. The standard InChI is InChI=1S/C10H16N2O2S/c1-4-14-9(13)5-11-7(2)10-8(3)12-6-15-10/h6-7,11H,4-5H2,1-3H3. The molecule has 0 aliphatic carbocycles. The first-order chi connectivity index (χ1) is 7.15. The van der Waals surface area contributed by atoms with Gasteiger partial charge in [0.2, 0.25) is 0 Å². The number of hydrogen-bond acceptors (Lipinski definition) is 5. The highest BCUT2D eigenvalue weighted by Crippen LogP contribution is 2.20. The number of nitrogens with zero attached hydrogens (tertiary/aromatic N) is 1. The molecule has 1 N–H and O–H groups in total. The van der Waals surface area contributed by atoms with E-state index in [-0.39, 0.29) is 18.6 Å². The molecule has 0 fully saturated rings. The molecule has 0 aliphatic rings. The average Bonchev–Trinajstić information content (AvgIpc) is 2.61. The average molecular weight is 228 g/mol. The van der Waals surface area contributed by atoms with Crippen LogP contribution in [0.3, 0.4) is 0 Å². The van der Waals surface area contributed by atoms with Gasteiger partial charge in [-0.05, 0) is 20.8 Å². The number of aromatic nitrogens is 1. The van der Waals surface area contributed by atoms with E-state index in [2.05, 4.69) is 10.3 Å². The summed E-state index contributed by atoms with van der Waals surface area (Å²) in [6.45, 7) is 6.45. The Morgan fingerprint density at radius 2 is 2.47 bits per heavy atom. The van der Waals surface area contributed by atoms with Gasteiger partial charge in [-0.15, -0.1) is 11.3 Å². The number of esters is 1. The fourth-order valence-corrected chi connectivity index (χ4v) is 2.10. The summed E-state index contributed by atoms with van der Waals surface area (Å²) in [4.78, 5) is 16.4. The van der Waals surface area contributed by atoms with Gasteiger partial charge in [-0.25, -0.2) is 4.98 Å². The summed E-state index contributed by atoms with van der Waals surface area (Å²) in [6, 6.07) is 0.141. The highest BCUT2D eigenvalue weighted by atomic mass is 32.1. The number of carbonyl (C=O) groups is 1. The van der Waals surface area contributed by atoms with Gasteiger partial charge in [-0.1, -0.05) is 0 Å². The van der Waals surface area contributed by atoms with Crippen molar-refractivity contribution < 1.29 is 9.53 Å². The Balaban J connectivity index is 2.40. The lowest BCUT2D eigenvalue weighted by molar-refractivity contribution is -0.142. The molecule has 0 saturated heterocycles. The summed E-state index contributed by atoms with van der Waals surface area (Å²) in [5, 5.41) is 3.11. The molecule has 0 aliphatic heterocycles. The number of hydrogen-bond donors (Lipinski definition) is 1. The van der Waals surface area contributed by atoms with Gasteiger partial charge in [0.25, 0.3) is 0 Å². The maximum absolute atomic E-state index is 11.1. The third kappa shape index (κ3) is 3.60. The molecular formula is C10H16N2O2S. The van der Waals surface area contributed by atoms with Crippen LogP contribution in [-0.4, -0.2) is 24.1 Å². The van der Waals surface area contributed by atoms with Gasteiger partial charge in [-0.3, -0.25) is 10.1 Å². The first-order valence-electron chi connectivity index (χ1n) is 4.94. The Morgan fingerprint density at radius 1 is 1.73 bits per heavy atom. The molecule has 1 unspecified atom stereocenters. The SMILES string of the molecule is CCOC(=O)CNC(C)c1scnc1C. The number of ether oxygens (including phenoxy) is 1. The van der Waals surface area contributed by atoms with Gasteiger partial charge in [0.15, 0.2) is 0 Å². The second-order valence-corrected chi connectivity index (χ2v) is 4.10. The molecule has 1 atom stereocenters. The van der Waals surface area contributed by atoms with Crippen molar-refractivity contribution in [3.8, 4) is 0 Å². The van der Waals surface area contributed by atoms with Crippen molar-refractivity contribution in [1.29, 1.82) is 0 Å². The first-order valence-corrected chi connectivity index (χ1v) is 5.82. The second kappa shape index (κ2) is 5.82. The lowest BCUT2D eigenvalue weighted by atomic mass is 10.2. The molecule has 0 saturated carbocycles. The third-order valence-corrected chi connectivity index (χ3v) is 3.15. The fourth-order valence-electron chi connectivity index (χ4n) is 1.27. The van der Waals surface area contributed by atoms with Crippen LogP contribution >= 0.6 is 11.3 Å². The predicted molar refractivity (Wildman–Crippen MR) is 59.9 cm³/mol. The normalized spacial score (nSPS) is 12.5. The number of aryl methyl sites for hydroxylation is 1. The zero-order chi connectivity index (χ0) is 11.3. The highest BCUT2D eigenvalue weighted by molar-refractivity contribution is 7.09. The van der Waals surface area contributed by atoms with Crippen molar-refractivity contribution in [3.05, 3.63) is 16.1 Å². The van der Waals surface area contributed by atoms with Gasteiger partial charge in [0, 0.05) is 10.9 Å². The van der Waals surface area contributed by atoms with E-state index in [0.29, 0.717) is 6.61 Å². The lowest BCUT2D eigenvalue weighted by Crippen LogP contribution is -2.27. The number of carbonyl (C=O) groups excluding carboxylic acids is 1. The van der Waals surface area contributed by atoms with Crippen LogP contribution < -0.4 is 5.32 Å². The summed E-state index contributed by atoms with van der Waals surface area (Å²) >= 11 is 1.60. The Kier molecular flexibility index (Phi) is 4.71. The Morgan fingerprint density at radius 3 is 3.00 bits per heavy atom. The third-order valence-electron chi connectivity index (χ3n) is 2.03. The van der Waals surface area contributed by atoms with Crippen LogP contribution in [0, 0.1) is 6.92 Å². The predicted octanol–water partition coefficient (Wildman–Crippen LogP) is 1.67. The second-order valence-electron chi connectivity index (χ2n) is 3.21. The van der Waals surface area contributed by atoms with Crippen LogP contribution in [0.2, 0.25) is 0 Å². The van der Waals surface area contributed by atoms with Crippen molar-refractivity contribution in [2.75, 3.05) is 13.2 Å². The topological polar surface area (TPSA) is 51.2 Å². The molecule has 15 heavy (non-hydrogen) atoms. The summed E-state index contributed by atoms with van der Waals surface area (Å²) in [5.74, 6) is -0.216. The van der Waals surface area contributed by atoms with E-state index >= 15 is 0 Å². The van der Waals surface area contributed by atoms with E-state index < -0.39 is 0 Å². The minimum absolute atomic E-state index is 0.141. The van der Waals surface area contributed by atoms with Crippen LogP contribution in [0.15, 0.2) is 5.51 Å². The number of rotatable bonds is 5. The quantitative estimate of drug-likeness (QED) is 0.779. The van der Waals surface area contributed by atoms with E-state index in [4.69, 9.17) is 4.74 Å². The van der Waals surface area contributed by atoms with Gasteiger partial charge >= 0.3 is 5.97 Å². The molecule has 1 heterocycles. The Labute approximate surface area is 93.7 Å². The van der Waals surface area contributed by atoms with E-state index in [1.54, 1.807) is 18.3 Å². The molecule has 1 rings (SSSR count). The highest BCUT2D eigenvalue weighted by Gasteiger charge is 2.12. The van der Waals surface area contributed by atoms with E-state index in [1.165, 1.54) is 4.88 Å². The van der Waals surface area contributed by atoms with Crippen LogP contribution in [-0.2, 0) is 9.53 Å². The molecule has 1 aromatic heterocycles. The van der Waals surface area contributed by atoms with E-state index in [0.717, 1.165) is 5.69 Å². The summed E-state index contributed by atoms with van der Waals surface area (Å²) in [6.07, 6.45) is 0. The van der Waals surface area contributed by atoms with Crippen molar-refractivity contribution in [1.82, 2.24) is 10.3 Å². The monoisotopic (exact) mass is 228 g/mol. The van der Waals surface area contributed by atoms with Gasteiger partial charge < -0.3 is 4.74 Å². The van der Waals surface area contributed by atoms with Gasteiger partial charge in [-0.2, -0.15) is 0 Å². The van der Waals surface area contributed by atoms with Crippen LogP contribution in [0.25, 0.3) is 0 Å². The Hall–Kier alpha value is -0.940. The molecular weight excluding hydrogens is 212 g/mol. The molecule has 84 valence electrons. The van der Waals surface area contributed by atoms with Crippen LogP contribution in [0.1, 0.15) is 30.5 Å². The van der Waals surface area contributed by atoms with Crippen molar-refractivity contribution >= 4 is 17.3 Å². The molecule has 4 nitrogen and oxygen atoms in total. The van der Waals surface area contributed by atoms with Crippen molar-refractivity contribution in [2.24, 2.45) is 0 Å². The maximum Gasteiger partial charge on any atom is 0.319 e. The minimum atomic E-state index is -0.216. The van der Waals surface area contributed by atoms with Crippen LogP contribution in [0.4, 0.5) is 0 Å². The van der Waals surface area contributed by atoms with Gasteiger partial charge in [0.1, 0.15) is 0 Å². The van der Waals surface area contributed by atoms with Crippen molar-refractivity contribution in [3.63, 3.8) is 0 Å². The number of nitrogens with one attached hydrogen (secondary N) is 1. The summed E-state index contributed by atoms with van der Waals surface area (Å²) < 4.78 is 4.83. The molecule has 0 radical (unpaired) electrons. The molecule has 0 bridgehead atoms. The zero-order valence-electron chi connectivity index (χ0n) is 9.24. The largest absolute Gasteiger partial charge is 0.465 e. The number of thiazole rings is 1. The molecule has 1 aromatic rings. The first kappa shape index (κ1) is 12.1. The van der Waals surface area contributed by atoms with Crippen LogP contribution in [0.5, 0.6) is 0 Å². The van der Waals surface area contributed by atoms with Gasteiger partial charge in [0.05, 0.1) is 24.4 Å². The molecule has 0 aromatic carbocycles. The lowest BCUT2D eigenvalue weighted by Gasteiger charge is -2.11. The molecule has 0 spiro atoms. The summed E-state index contributed by atoms with van der Waals surface area (Å²) in [7, 11) is 0. The summed E-state index contributed by atoms with van der Waals surface area (Å²) in [5.41, 5.74) is 2.83. The Bertz CT molecular complexity index is 325. The fraction of sp³-hybridized carbons (Fsp3) is 0.600.